The van der Waals surface area contributed by atoms with Gasteiger partial charge in [-0.15, -0.1) is 0 Å². The van der Waals surface area contributed by atoms with E-state index in [-0.39, 0.29) is 12.1 Å². The van der Waals surface area contributed by atoms with Crippen molar-refractivity contribution in [2.24, 2.45) is 0 Å². The van der Waals surface area contributed by atoms with Crippen LogP contribution in [-0.4, -0.2) is 34.9 Å². The van der Waals surface area contributed by atoms with E-state index in [1.54, 1.807) is 0 Å². The van der Waals surface area contributed by atoms with Crippen LogP contribution in [-0.2, 0) is 14.3 Å². The van der Waals surface area contributed by atoms with Gasteiger partial charge in [-0.3, -0.25) is 9.59 Å². The topological polar surface area (TPSA) is 83.8 Å². The van der Waals surface area contributed by atoms with E-state index in [1.165, 1.54) is 44.9 Å². The Morgan fingerprint density at radius 1 is 0.649 bits per heavy atom. The molecule has 0 aromatic heterocycles. The Morgan fingerprint density at radius 3 is 1.70 bits per heavy atom. The van der Waals surface area contributed by atoms with Gasteiger partial charge in [0.2, 0.25) is 0 Å². The highest BCUT2D eigenvalue weighted by Crippen LogP contribution is 2.11. The number of carbonyl (C=O) groups excluding carboxylic acids is 1. The van der Waals surface area contributed by atoms with Crippen LogP contribution < -0.4 is 0 Å². The minimum atomic E-state index is -0.687. The molecule has 5 heteroatoms. The van der Waals surface area contributed by atoms with E-state index >= 15 is 0 Å². The molecule has 0 heterocycles. The first kappa shape index (κ1) is 35.4. The molecule has 0 amide bonds. The van der Waals surface area contributed by atoms with Gasteiger partial charge >= 0.3 is 11.9 Å². The third-order valence-electron chi connectivity index (χ3n) is 6.67. The number of unbranched alkanes of at least 4 members (excludes halogenated alkanes) is 15. The summed E-state index contributed by atoms with van der Waals surface area (Å²) in [5, 5.41) is 18.4. The predicted molar refractivity (Wildman–Crippen MR) is 155 cm³/mol. The molecule has 1 unspecified atom stereocenters. The van der Waals surface area contributed by atoms with E-state index < -0.39 is 5.97 Å². The fourth-order valence-electron chi connectivity index (χ4n) is 4.27. The SMILES string of the molecule is CCCCC(O)CC=CCCCCCCCC(=O)OCCCCCCC=CCCCCCCCC(=O)O. The fraction of sp³-hybridized carbons (Fsp3) is 0.812. The first-order valence-corrected chi connectivity index (χ1v) is 15.4. The van der Waals surface area contributed by atoms with Crippen molar-refractivity contribution in [3.05, 3.63) is 24.3 Å². The van der Waals surface area contributed by atoms with Crippen molar-refractivity contribution < 1.29 is 24.5 Å². The maximum absolute atomic E-state index is 11.8. The molecule has 0 bridgehead atoms. The molecular formula is C32H58O5. The zero-order valence-corrected chi connectivity index (χ0v) is 24.0. The van der Waals surface area contributed by atoms with Gasteiger partial charge in [0.05, 0.1) is 12.7 Å². The molecular weight excluding hydrogens is 464 g/mol. The number of ether oxygens (including phenoxy) is 1. The molecule has 0 fully saturated rings. The Kier molecular flexibility index (Phi) is 27.7. The summed E-state index contributed by atoms with van der Waals surface area (Å²) in [6.45, 7) is 2.71. The number of carboxylic acids is 1. The summed E-state index contributed by atoms with van der Waals surface area (Å²) in [6, 6.07) is 0. The van der Waals surface area contributed by atoms with Crippen molar-refractivity contribution in [1.82, 2.24) is 0 Å². The second-order valence-corrected chi connectivity index (χ2v) is 10.4. The molecule has 0 saturated carbocycles. The Bertz CT molecular complexity index is 570. The molecule has 0 spiro atoms. The molecule has 5 nitrogen and oxygen atoms in total. The third-order valence-corrected chi connectivity index (χ3v) is 6.67. The Labute approximate surface area is 228 Å². The number of rotatable bonds is 28. The first-order valence-electron chi connectivity index (χ1n) is 15.4. The van der Waals surface area contributed by atoms with Crippen LogP contribution in [0.1, 0.15) is 155 Å². The van der Waals surface area contributed by atoms with Gasteiger partial charge < -0.3 is 14.9 Å². The molecule has 0 aromatic rings. The van der Waals surface area contributed by atoms with E-state index in [2.05, 4.69) is 31.2 Å². The lowest BCUT2D eigenvalue weighted by atomic mass is 10.1. The summed E-state index contributed by atoms with van der Waals surface area (Å²) in [7, 11) is 0. The van der Waals surface area contributed by atoms with E-state index in [0.717, 1.165) is 89.9 Å². The Balaban J connectivity index is 3.30. The van der Waals surface area contributed by atoms with Gasteiger partial charge in [-0.2, -0.15) is 0 Å². The number of carboxylic acid groups (broad SMARTS) is 1. The quantitative estimate of drug-likeness (QED) is 0.0608. The van der Waals surface area contributed by atoms with Crippen molar-refractivity contribution in [2.45, 2.75) is 161 Å². The Hall–Kier alpha value is -1.62. The maximum Gasteiger partial charge on any atom is 0.305 e. The number of aliphatic carboxylic acids is 1. The molecule has 216 valence electrons. The zero-order chi connectivity index (χ0) is 27.2. The summed E-state index contributed by atoms with van der Waals surface area (Å²) < 4.78 is 5.36. The van der Waals surface area contributed by atoms with Crippen LogP contribution >= 0.6 is 0 Å². The van der Waals surface area contributed by atoms with Crippen molar-refractivity contribution in [3.8, 4) is 0 Å². The lowest BCUT2D eigenvalue weighted by molar-refractivity contribution is -0.144. The molecule has 0 radical (unpaired) electrons. The average molecular weight is 523 g/mol. The number of esters is 1. The number of aliphatic hydroxyl groups excluding tert-OH is 1. The van der Waals surface area contributed by atoms with Crippen molar-refractivity contribution in [2.75, 3.05) is 6.61 Å². The molecule has 0 aliphatic heterocycles. The van der Waals surface area contributed by atoms with Crippen molar-refractivity contribution in [1.29, 1.82) is 0 Å². The highest BCUT2D eigenvalue weighted by molar-refractivity contribution is 5.69. The Morgan fingerprint density at radius 2 is 1.14 bits per heavy atom. The van der Waals surface area contributed by atoms with Crippen LogP contribution in [0.2, 0.25) is 0 Å². The van der Waals surface area contributed by atoms with Gasteiger partial charge in [-0.25, -0.2) is 0 Å². The number of allylic oxidation sites excluding steroid dienone is 3. The zero-order valence-electron chi connectivity index (χ0n) is 24.0. The van der Waals surface area contributed by atoms with Gasteiger partial charge in [-0.1, -0.05) is 95.4 Å². The largest absolute Gasteiger partial charge is 0.481 e. The average Bonchev–Trinajstić information content (AvgIpc) is 2.88. The van der Waals surface area contributed by atoms with Crippen LogP contribution in [0.5, 0.6) is 0 Å². The van der Waals surface area contributed by atoms with E-state index in [4.69, 9.17) is 9.84 Å². The second-order valence-electron chi connectivity index (χ2n) is 10.4. The number of hydrogen-bond acceptors (Lipinski definition) is 4. The maximum atomic E-state index is 11.8. The van der Waals surface area contributed by atoms with Crippen molar-refractivity contribution in [3.63, 3.8) is 0 Å². The predicted octanol–water partition coefficient (Wildman–Crippen LogP) is 9.08. The summed E-state index contributed by atoms with van der Waals surface area (Å²) >= 11 is 0. The number of carbonyl (C=O) groups is 2. The summed E-state index contributed by atoms with van der Waals surface area (Å²) in [5.41, 5.74) is 0. The summed E-state index contributed by atoms with van der Waals surface area (Å²) in [4.78, 5) is 22.3. The molecule has 1 atom stereocenters. The number of aliphatic hydroxyl groups is 1. The standard InChI is InChI=1S/C32H58O5/c1-2-3-25-30(33)26-21-17-13-10-11-15-19-23-28-32(36)37-29-24-20-16-12-8-6-4-5-7-9-14-18-22-27-31(34)35/h4,6,17,21,30,33H,2-3,5,7-16,18-20,22-29H2,1H3,(H,34,35). The fourth-order valence-corrected chi connectivity index (χ4v) is 4.27. The highest BCUT2D eigenvalue weighted by atomic mass is 16.5. The second kappa shape index (κ2) is 28.9. The third kappa shape index (κ3) is 30.5. The molecule has 0 rings (SSSR count). The lowest BCUT2D eigenvalue weighted by Gasteiger charge is -2.06. The van der Waals surface area contributed by atoms with Gasteiger partial charge in [0.15, 0.2) is 0 Å². The summed E-state index contributed by atoms with van der Waals surface area (Å²) in [6.07, 6.45) is 32.1. The molecule has 2 N–H and O–H groups in total. The smallest absolute Gasteiger partial charge is 0.305 e. The van der Waals surface area contributed by atoms with E-state index in [0.29, 0.717) is 19.4 Å². The normalized spacial score (nSPS) is 12.5. The van der Waals surface area contributed by atoms with Gasteiger partial charge in [-0.05, 0) is 70.6 Å². The molecule has 0 aromatic carbocycles. The molecule has 37 heavy (non-hydrogen) atoms. The minimum absolute atomic E-state index is 0.0469. The van der Waals surface area contributed by atoms with Gasteiger partial charge in [0, 0.05) is 12.8 Å². The van der Waals surface area contributed by atoms with Crippen molar-refractivity contribution >= 4 is 11.9 Å². The van der Waals surface area contributed by atoms with Crippen LogP contribution in [0.4, 0.5) is 0 Å². The van der Waals surface area contributed by atoms with Crippen LogP contribution in [0.3, 0.4) is 0 Å². The van der Waals surface area contributed by atoms with Crippen LogP contribution in [0.15, 0.2) is 24.3 Å². The van der Waals surface area contributed by atoms with Crippen LogP contribution in [0.25, 0.3) is 0 Å². The van der Waals surface area contributed by atoms with Gasteiger partial charge in [0.25, 0.3) is 0 Å². The number of hydrogen-bond donors (Lipinski definition) is 2. The lowest BCUT2D eigenvalue weighted by Crippen LogP contribution is -2.05. The highest BCUT2D eigenvalue weighted by Gasteiger charge is 2.03. The molecule has 0 saturated heterocycles. The van der Waals surface area contributed by atoms with Crippen LogP contribution in [0, 0.1) is 0 Å². The first-order chi connectivity index (χ1) is 18.1. The van der Waals surface area contributed by atoms with E-state index in [9.17, 15) is 14.7 Å². The monoisotopic (exact) mass is 522 g/mol. The molecule has 0 aliphatic carbocycles. The summed E-state index contributed by atoms with van der Waals surface area (Å²) in [5.74, 6) is -0.734. The molecule has 0 aliphatic rings. The van der Waals surface area contributed by atoms with Gasteiger partial charge in [0.1, 0.15) is 0 Å². The van der Waals surface area contributed by atoms with E-state index in [1.807, 2.05) is 0 Å². The minimum Gasteiger partial charge on any atom is -0.481 e.